The number of nitrogens with zero attached hydrogens (tertiary/aromatic N) is 6. The highest BCUT2D eigenvalue weighted by molar-refractivity contribution is 7.98. The minimum atomic E-state index is 0.0859. The molecule has 74 valence electrons. The Hall–Kier alpha value is -1.53. The number of aromatic nitrogens is 3. The van der Waals surface area contributed by atoms with Crippen LogP contribution in [0.4, 0.5) is 11.9 Å². The number of hydrogen-bond donors (Lipinski definition) is 1. The summed E-state index contributed by atoms with van der Waals surface area (Å²) in [5.74, 6) is 0.511. The lowest BCUT2D eigenvalue weighted by Crippen LogP contribution is -2.03. The van der Waals surface area contributed by atoms with Crippen molar-refractivity contribution in [3.05, 3.63) is 10.4 Å². The van der Waals surface area contributed by atoms with E-state index in [1.807, 2.05) is 13.2 Å². The largest absolute Gasteiger partial charge is 0.354 e. The van der Waals surface area contributed by atoms with Gasteiger partial charge in [0.1, 0.15) is 0 Å². The minimum Gasteiger partial charge on any atom is -0.354 e. The zero-order valence-corrected chi connectivity index (χ0v) is 8.62. The number of rotatable bonds is 4. The average molecular weight is 211 g/mol. The van der Waals surface area contributed by atoms with E-state index in [4.69, 9.17) is 5.53 Å². The second-order valence-corrected chi connectivity index (χ2v) is 2.94. The third-order valence-electron chi connectivity index (χ3n) is 1.25. The summed E-state index contributed by atoms with van der Waals surface area (Å²) in [6.07, 6.45) is 1.84. The van der Waals surface area contributed by atoms with E-state index in [1.165, 1.54) is 11.8 Å². The smallest absolute Gasteiger partial charge is 0.227 e. The third-order valence-corrected chi connectivity index (χ3v) is 1.80. The van der Waals surface area contributed by atoms with Crippen LogP contribution < -0.4 is 5.32 Å². The maximum atomic E-state index is 8.23. The van der Waals surface area contributed by atoms with Crippen molar-refractivity contribution in [1.82, 2.24) is 15.0 Å². The molecule has 8 heteroatoms. The van der Waals surface area contributed by atoms with Crippen molar-refractivity contribution >= 4 is 23.7 Å². The molecule has 14 heavy (non-hydrogen) atoms. The van der Waals surface area contributed by atoms with Gasteiger partial charge in [0.15, 0.2) is 5.16 Å². The van der Waals surface area contributed by atoms with Gasteiger partial charge in [0.05, 0.1) is 0 Å². The zero-order chi connectivity index (χ0) is 10.4. The molecule has 0 spiro atoms. The highest BCUT2D eigenvalue weighted by Gasteiger charge is 2.02. The van der Waals surface area contributed by atoms with Gasteiger partial charge in [0.2, 0.25) is 11.9 Å². The quantitative estimate of drug-likeness (QED) is 0.355. The Labute approximate surface area is 85.0 Å². The van der Waals surface area contributed by atoms with E-state index >= 15 is 0 Å². The van der Waals surface area contributed by atoms with Gasteiger partial charge in [0.25, 0.3) is 0 Å². The van der Waals surface area contributed by atoms with Gasteiger partial charge < -0.3 is 5.32 Å². The van der Waals surface area contributed by atoms with Gasteiger partial charge in [-0.2, -0.15) is 9.97 Å². The van der Waals surface area contributed by atoms with Crippen LogP contribution in [0, 0.1) is 0 Å². The topological polar surface area (TPSA) is 99.5 Å². The van der Waals surface area contributed by atoms with Crippen LogP contribution in [0.15, 0.2) is 10.3 Å². The Kier molecular flexibility index (Phi) is 3.96. The Morgan fingerprint density at radius 3 is 2.86 bits per heavy atom. The van der Waals surface area contributed by atoms with Crippen LogP contribution in [0.2, 0.25) is 0 Å². The van der Waals surface area contributed by atoms with Crippen molar-refractivity contribution in [2.24, 2.45) is 5.11 Å². The van der Waals surface area contributed by atoms with Gasteiger partial charge in [-0.3, -0.25) is 0 Å². The van der Waals surface area contributed by atoms with Crippen LogP contribution in [-0.2, 0) is 0 Å². The summed E-state index contributed by atoms with van der Waals surface area (Å²) in [7, 11) is 0. The number of azide groups is 1. The summed E-state index contributed by atoms with van der Waals surface area (Å²) in [4.78, 5) is 14.5. The number of thioether (sulfide) groups is 1. The number of anilines is 1. The Morgan fingerprint density at radius 1 is 1.50 bits per heavy atom. The molecule has 0 aromatic carbocycles. The zero-order valence-electron chi connectivity index (χ0n) is 7.80. The van der Waals surface area contributed by atoms with Crippen molar-refractivity contribution in [2.45, 2.75) is 12.1 Å². The molecule has 0 saturated carbocycles. The predicted molar refractivity (Wildman–Crippen MR) is 54.6 cm³/mol. The van der Waals surface area contributed by atoms with E-state index in [1.54, 1.807) is 0 Å². The lowest BCUT2D eigenvalue weighted by atomic mass is 10.7. The number of nitrogens with one attached hydrogen (secondary N) is 1. The predicted octanol–water partition coefficient (Wildman–Crippen LogP) is 1.97. The van der Waals surface area contributed by atoms with Gasteiger partial charge in [0, 0.05) is 11.5 Å². The normalized spacial score (nSPS) is 9.29. The highest BCUT2D eigenvalue weighted by atomic mass is 32.2. The molecule has 7 nitrogen and oxygen atoms in total. The first-order valence-corrected chi connectivity index (χ1v) is 5.11. The molecule has 0 saturated heterocycles. The van der Waals surface area contributed by atoms with E-state index in [9.17, 15) is 0 Å². The SMILES string of the molecule is CCNc1nc(N=[N+]=[N-])nc(SC)n1. The summed E-state index contributed by atoms with van der Waals surface area (Å²) in [5, 5.41) is 6.77. The van der Waals surface area contributed by atoms with E-state index in [2.05, 4.69) is 30.3 Å². The van der Waals surface area contributed by atoms with E-state index in [0.717, 1.165) is 0 Å². The lowest BCUT2D eigenvalue weighted by molar-refractivity contribution is 0.897. The summed E-state index contributed by atoms with van der Waals surface area (Å²) in [6, 6.07) is 0. The summed E-state index contributed by atoms with van der Waals surface area (Å²) in [6.45, 7) is 2.63. The maximum absolute atomic E-state index is 8.23. The van der Waals surface area contributed by atoms with Crippen molar-refractivity contribution in [2.75, 3.05) is 18.1 Å². The van der Waals surface area contributed by atoms with Crippen LogP contribution in [0.25, 0.3) is 10.4 Å². The fourth-order valence-corrected chi connectivity index (χ4v) is 1.11. The molecule has 0 radical (unpaired) electrons. The number of hydrogen-bond acceptors (Lipinski definition) is 6. The molecule has 1 aromatic heterocycles. The van der Waals surface area contributed by atoms with Crippen molar-refractivity contribution in [3.63, 3.8) is 0 Å². The van der Waals surface area contributed by atoms with Gasteiger partial charge in [-0.15, -0.1) is 0 Å². The molecule has 0 aliphatic heterocycles. The van der Waals surface area contributed by atoms with Crippen LogP contribution >= 0.6 is 11.8 Å². The molecule has 0 amide bonds. The third kappa shape index (κ3) is 2.75. The summed E-state index contributed by atoms with van der Waals surface area (Å²) < 4.78 is 0. The highest BCUT2D eigenvalue weighted by Crippen LogP contribution is 2.15. The fourth-order valence-electron chi connectivity index (χ4n) is 0.759. The summed E-state index contributed by atoms with van der Waals surface area (Å²) in [5.41, 5.74) is 8.23. The molecule has 0 bridgehead atoms. The van der Waals surface area contributed by atoms with Crippen molar-refractivity contribution in [3.8, 4) is 0 Å². The van der Waals surface area contributed by atoms with Crippen LogP contribution in [0.1, 0.15) is 6.92 Å². The fraction of sp³-hybridized carbons (Fsp3) is 0.500. The standard InChI is InChI=1S/C6H9N7S/c1-3-8-4-9-5(12-13-7)11-6(10-4)14-2/h3H2,1-2H3,(H,8,9,10,11). The molecule has 1 heterocycles. The first-order chi connectivity index (χ1) is 6.80. The molecule has 0 aliphatic carbocycles. The summed E-state index contributed by atoms with van der Waals surface area (Å²) >= 11 is 1.36. The monoisotopic (exact) mass is 211 g/mol. The van der Waals surface area contributed by atoms with Crippen LogP contribution in [-0.4, -0.2) is 27.8 Å². The minimum absolute atomic E-state index is 0.0859. The second-order valence-electron chi connectivity index (χ2n) is 2.17. The van der Waals surface area contributed by atoms with Gasteiger partial charge in [-0.1, -0.05) is 11.8 Å². The van der Waals surface area contributed by atoms with E-state index < -0.39 is 0 Å². The molecule has 0 aliphatic rings. The molecule has 1 rings (SSSR count). The first kappa shape index (κ1) is 10.6. The lowest BCUT2D eigenvalue weighted by Gasteiger charge is -2.02. The van der Waals surface area contributed by atoms with Crippen LogP contribution in [0.3, 0.4) is 0 Å². The molecule has 0 fully saturated rings. The molecule has 0 atom stereocenters. The first-order valence-electron chi connectivity index (χ1n) is 3.89. The molecule has 1 N–H and O–H groups in total. The van der Waals surface area contributed by atoms with E-state index in [-0.39, 0.29) is 5.95 Å². The Balaban J connectivity index is 3.06. The van der Waals surface area contributed by atoms with Crippen molar-refractivity contribution in [1.29, 1.82) is 0 Å². The second kappa shape index (κ2) is 5.25. The molecule has 0 unspecified atom stereocenters. The van der Waals surface area contributed by atoms with Crippen molar-refractivity contribution < 1.29 is 0 Å². The van der Waals surface area contributed by atoms with E-state index in [0.29, 0.717) is 17.6 Å². The van der Waals surface area contributed by atoms with Crippen LogP contribution in [0.5, 0.6) is 0 Å². The Bertz CT molecular complexity index is 359. The van der Waals surface area contributed by atoms with Gasteiger partial charge in [-0.25, -0.2) is 4.98 Å². The molecular weight excluding hydrogens is 202 g/mol. The average Bonchev–Trinajstić information content (AvgIpc) is 2.18. The molecule has 1 aromatic rings. The maximum Gasteiger partial charge on any atom is 0.227 e. The van der Waals surface area contributed by atoms with Gasteiger partial charge >= 0.3 is 0 Å². The Morgan fingerprint density at radius 2 is 2.29 bits per heavy atom. The van der Waals surface area contributed by atoms with Gasteiger partial charge in [-0.05, 0) is 23.8 Å². The molecular formula is C6H9N7S.